The summed E-state index contributed by atoms with van der Waals surface area (Å²) in [6.07, 6.45) is 5.16. The van der Waals surface area contributed by atoms with E-state index in [4.69, 9.17) is 14.3 Å². The summed E-state index contributed by atoms with van der Waals surface area (Å²) in [5.74, 6) is 1.13. The molecule has 0 aromatic heterocycles. The van der Waals surface area contributed by atoms with Crippen molar-refractivity contribution in [2.75, 3.05) is 0 Å². The maximum atomic E-state index is 11.0. The van der Waals surface area contributed by atoms with E-state index >= 15 is 0 Å². The lowest BCUT2D eigenvalue weighted by molar-refractivity contribution is -0.132. The zero-order valence-corrected chi connectivity index (χ0v) is 20.7. The van der Waals surface area contributed by atoms with Gasteiger partial charge in [-0.05, 0) is 94.3 Å². The SMILES string of the molecule is C/C(=C\CCC1(C)CCc2cc(O[Si](C)(C)C(C)(C)C)c(C)c(C)c2O1)C(=O)O. The Morgan fingerprint density at radius 1 is 1.31 bits per heavy atom. The highest BCUT2D eigenvalue weighted by Crippen LogP contribution is 2.44. The van der Waals surface area contributed by atoms with Crippen molar-refractivity contribution in [2.45, 2.75) is 97.9 Å². The number of fused-ring (bicyclic) bond motifs is 1. The summed E-state index contributed by atoms with van der Waals surface area (Å²) in [5.41, 5.74) is 3.64. The molecule has 1 aromatic carbocycles. The van der Waals surface area contributed by atoms with Crippen LogP contribution in [0.15, 0.2) is 17.7 Å². The first kappa shape index (κ1) is 23.5. The maximum Gasteiger partial charge on any atom is 0.330 e. The minimum Gasteiger partial charge on any atom is -0.543 e. The van der Waals surface area contributed by atoms with Crippen molar-refractivity contribution in [1.29, 1.82) is 0 Å². The van der Waals surface area contributed by atoms with Crippen molar-refractivity contribution in [2.24, 2.45) is 0 Å². The molecular formula is C24H38O4Si. The van der Waals surface area contributed by atoms with Crippen molar-refractivity contribution in [3.8, 4) is 11.5 Å². The molecule has 1 atom stereocenters. The molecule has 0 aliphatic carbocycles. The molecule has 1 aliphatic rings. The van der Waals surface area contributed by atoms with Gasteiger partial charge < -0.3 is 14.3 Å². The quantitative estimate of drug-likeness (QED) is 0.418. The fourth-order valence-corrected chi connectivity index (χ4v) is 4.41. The Kier molecular flexibility index (Phi) is 6.63. The number of carboxylic acid groups (broad SMARTS) is 1. The highest BCUT2D eigenvalue weighted by molar-refractivity contribution is 6.74. The minimum atomic E-state index is -1.91. The van der Waals surface area contributed by atoms with Crippen LogP contribution in [0.2, 0.25) is 18.1 Å². The number of carbonyl (C=O) groups is 1. The average Bonchev–Trinajstić information content (AvgIpc) is 2.59. The van der Waals surface area contributed by atoms with Gasteiger partial charge in [0.25, 0.3) is 0 Å². The summed E-state index contributed by atoms with van der Waals surface area (Å²) in [6, 6.07) is 2.19. The third kappa shape index (κ3) is 5.24. The van der Waals surface area contributed by atoms with Gasteiger partial charge in [0, 0.05) is 5.57 Å². The fraction of sp³-hybridized carbons (Fsp3) is 0.625. The van der Waals surface area contributed by atoms with Crippen LogP contribution in [-0.4, -0.2) is 25.0 Å². The molecule has 0 bridgehead atoms. The highest BCUT2D eigenvalue weighted by Gasteiger charge is 2.40. The monoisotopic (exact) mass is 418 g/mol. The highest BCUT2D eigenvalue weighted by atomic mass is 28.4. The van der Waals surface area contributed by atoms with Crippen molar-refractivity contribution in [3.05, 3.63) is 34.4 Å². The van der Waals surface area contributed by atoms with E-state index in [-0.39, 0.29) is 10.6 Å². The van der Waals surface area contributed by atoms with E-state index in [0.29, 0.717) is 12.0 Å². The summed E-state index contributed by atoms with van der Waals surface area (Å²) >= 11 is 0. The van der Waals surface area contributed by atoms with Crippen LogP contribution in [0.25, 0.3) is 0 Å². The molecule has 1 heterocycles. The molecule has 0 radical (unpaired) electrons. The Morgan fingerprint density at radius 2 is 1.93 bits per heavy atom. The molecule has 4 nitrogen and oxygen atoms in total. The van der Waals surface area contributed by atoms with Crippen molar-refractivity contribution in [1.82, 2.24) is 0 Å². The fourth-order valence-electron chi connectivity index (χ4n) is 3.34. The van der Waals surface area contributed by atoms with Gasteiger partial charge in [0.05, 0.1) is 0 Å². The van der Waals surface area contributed by atoms with E-state index in [2.05, 4.69) is 60.7 Å². The van der Waals surface area contributed by atoms with Crippen LogP contribution in [0.1, 0.15) is 70.6 Å². The molecule has 0 amide bonds. The minimum absolute atomic E-state index is 0.153. The number of aliphatic carboxylic acids is 1. The van der Waals surface area contributed by atoms with Gasteiger partial charge in [0.15, 0.2) is 0 Å². The number of ether oxygens (including phenoxy) is 1. The van der Waals surface area contributed by atoms with Gasteiger partial charge >= 0.3 is 5.97 Å². The smallest absolute Gasteiger partial charge is 0.330 e. The van der Waals surface area contributed by atoms with Crippen molar-refractivity contribution in [3.63, 3.8) is 0 Å². The number of aryl methyl sites for hydroxylation is 1. The molecule has 0 saturated heterocycles. The normalized spacial score (nSPS) is 20.1. The molecule has 29 heavy (non-hydrogen) atoms. The molecule has 1 N–H and O–H groups in total. The zero-order chi connectivity index (χ0) is 22.2. The van der Waals surface area contributed by atoms with Crippen LogP contribution >= 0.6 is 0 Å². The van der Waals surface area contributed by atoms with Crippen LogP contribution in [0.5, 0.6) is 11.5 Å². The lowest BCUT2D eigenvalue weighted by Gasteiger charge is -2.39. The van der Waals surface area contributed by atoms with Crippen molar-refractivity contribution >= 4 is 14.3 Å². The lowest BCUT2D eigenvalue weighted by Crippen LogP contribution is -2.44. The lowest BCUT2D eigenvalue weighted by atomic mass is 9.87. The summed E-state index contributed by atoms with van der Waals surface area (Å²) in [6.45, 7) is 19.3. The van der Waals surface area contributed by atoms with E-state index in [1.807, 2.05) is 0 Å². The largest absolute Gasteiger partial charge is 0.543 e. The molecule has 1 aromatic rings. The molecule has 2 rings (SSSR count). The van der Waals surface area contributed by atoms with Gasteiger partial charge in [0.1, 0.15) is 17.1 Å². The maximum absolute atomic E-state index is 11.0. The van der Waals surface area contributed by atoms with Crippen molar-refractivity contribution < 1.29 is 19.1 Å². The number of allylic oxidation sites excluding steroid dienone is 1. The van der Waals surface area contributed by atoms with E-state index in [0.717, 1.165) is 41.9 Å². The van der Waals surface area contributed by atoms with Gasteiger partial charge in [-0.2, -0.15) is 0 Å². The Hall–Kier alpha value is -1.75. The molecule has 0 spiro atoms. The van der Waals surface area contributed by atoms with Gasteiger partial charge in [-0.15, -0.1) is 0 Å². The predicted molar refractivity (Wildman–Crippen MR) is 122 cm³/mol. The predicted octanol–water partition coefficient (Wildman–Crippen LogP) is 6.58. The van der Waals surface area contributed by atoms with Crippen LogP contribution in [0.4, 0.5) is 0 Å². The summed E-state index contributed by atoms with van der Waals surface area (Å²) < 4.78 is 13.1. The van der Waals surface area contributed by atoms with Crippen LogP contribution in [-0.2, 0) is 11.2 Å². The third-order valence-electron chi connectivity index (χ3n) is 6.77. The standard InChI is InChI=1S/C24H38O4Si/c1-16(22(25)26)11-10-13-24(7)14-12-19-15-20(17(2)18(3)21(19)27-24)28-29(8,9)23(4,5)6/h11,15H,10,12-14H2,1-9H3,(H,25,26)/b16-11+. The Labute approximate surface area is 177 Å². The Bertz CT molecular complexity index is 817. The van der Waals surface area contributed by atoms with Gasteiger partial charge in [-0.25, -0.2) is 4.79 Å². The van der Waals surface area contributed by atoms with E-state index in [9.17, 15) is 4.79 Å². The first-order valence-corrected chi connectivity index (χ1v) is 13.5. The molecule has 0 fully saturated rings. The molecule has 0 saturated carbocycles. The number of rotatable bonds is 6. The first-order valence-electron chi connectivity index (χ1n) is 10.6. The first-order chi connectivity index (χ1) is 13.2. The van der Waals surface area contributed by atoms with Crippen LogP contribution in [0.3, 0.4) is 0 Å². The second kappa shape index (κ2) is 8.17. The molecule has 162 valence electrons. The van der Waals surface area contributed by atoms with Crippen LogP contribution in [0, 0.1) is 13.8 Å². The molecule has 1 unspecified atom stereocenters. The molecular weight excluding hydrogens is 380 g/mol. The van der Waals surface area contributed by atoms with E-state index in [1.165, 1.54) is 5.56 Å². The summed E-state index contributed by atoms with van der Waals surface area (Å²) in [5, 5.41) is 9.18. The van der Waals surface area contributed by atoms with E-state index in [1.54, 1.807) is 13.0 Å². The number of hydrogen-bond acceptors (Lipinski definition) is 3. The van der Waals surface area contributed by atoms with Gasteiger partial charge in [-0.3, -0.25) is 0 Å². The Balaban J connectivity index is 2.25. The molecule has 5 heteroatoms. The second-order valence-electron chi connectivity index (χ2n) is 10.3. The molecule has 1 aliphatic heterocycles. The number of benzene rings is 1. The second-order valence-corrected chi connectivity index (χ2v) is 15.0. The number of hydrogen-bond donors (Lipinski definition) is 1. The number of carboxylic acids is 1. The summed E-state index contributed by atoms with van der Waals surface area (Å²) in [7, 11) is -1.91. The summed E-state index contributed by atoms with van der Waals surface area (Å²) in [4.78, 5) is 11.0. The average molecular weight is 419 g/mol. The topological polar surface area (TPSA) is 55.8 Å². The van der Waals surface area contributed by atoms with Gasteiger partial charge in [0.2, 0.25) is 8.32 Å². The van der Waals surface area contributed by atoms with Gasteiger partial charge in [-0.1, -0.05) is 26.8 Å². The zero-order valence-electron chi connectivity index (χ0n) is 19.7. The van der Waals surface area contributed by atoms with E-state index < -0.39 is 14.3 Å². The van der Waals surface area contributed by atoms with Crippen LogP contribution < -0.4 is 9.16 Å². The third-order valence-corrected chi connectivity index (χ3v) is 11.1. The Morgan fingerprint density at radius 3 is 2.48 bits per heavy atom.